The average molecular weight is 448 g/mol. The zero-order valence-electron chi connectivity index (χ0n) is 16.8. The number of anilines is 3. The summed E-state index contributed by atoms with van der Waals surface area (Å²) in [6.07, 6.45) is -2.68. The molecule has 2 heterocycles. The third-order valence-corrected chi connectivity index (χ3v) is 5.11. The number of alkyl halides is 3. The highest BCUT2D eigenvalue weighted by atomic mass is 19.4. The summed E-state index contributed by atoms with van der Waals surface area (Å²) in [4.78, 5) is 8.63. The van der Waals surface area contributed by atoms with E-state index in [1.807, 2.05) is 6.07 Å². The van der Waals surface area contributed by atoms with Gasteiger partial charge in [-0.2, -0.15) is 23.7 Å². The number of nitrogens with two attached hydrogens (primary N) is 2. The zero-order valence-corrected chi connectivity index (χ0v) is 16.8. The minimum atomic E-state index is -4.45. The van der Waals surface area contributed by atoms with Gasteiger partial charge < -0.3 is 16.8 Å². The van der Waals surface area contributed by atoms with Crippen LogP contribution in [0.3, 0.4) is 0 Å². The molecule has 0 saturated heterocycles. The monoisotopic (exact) mass is 448 g/mol. The van der Waals surface area contributed by atoms with Gasteiger partial charge in [-0.25, -0.2) is 9.98 Å². The van der Waals surface area contributed by atoms with Crippen LogP contribution < -0.4 is 22.1 Å². The Morgan fingerprint density at radius 1 is 1.03 bits per heavy atom. The van der Waals surface area contributed by atoms with Gasteiger partial charge in [0.05, 0.1) is 11.3 Å². The summed E-state index contributed by atoms with van der Waals surface area (Å²) in [6, 6.07) is 12.9. The number of rotatable bonds is 2. The number of aromatic nitrogens is 1. The number of halogens is 3. The molecule has 0 fully saturated rings. The van der Waals surface area contributed by atoms with Gasteiger partial charge in [0.2, 0.25) is 5.96 Å². The number of guanidine groups is 1. The molecule has 33 heavy (non-hydrogen) atoms. The Hall–Kier alpha value is -4.77. The Kier molecular flexibility index (Phi) is 5.24. The number of nitriles is 2. The molecule has 0 radical (unpaired) electrons. The first-order valence-corrected chi connectivity index (χ1v) is 9.49. The van der Waals surface area contributed by atoms with Gasteiger partial charge in [0.25, 0.3) is 0 Å². The van der Waals surface area contributed by atoms with E-state index in [0.717, 1.165) is 12.1 Å². The van der Waals surface area contributed by atoms with Crippen LogP contribution in [0, 0.1) is 22.8 Å². The summed E-state index contributed by atoms with van der Waals surface area (Å²) in [5.74, 6) is 0.273. The van der Waals surface area contributed by atoms with Crippen molar-refractivity contribution in [2.45, 2.75) is 12.2 Å². The number of pyridine rings is 1. The van der Waals surface area contributed by atoms with Gasteiger partial charge in [-0.05, 0) is 28.8 Å². The highest BCUT2D eigenvalue weighted by Crippen LogP contribution is 2.41. The van der Waals surface area contributed by atoms with E-state index in [-0.39, 0.29) is 28.8 Å². The molecule has 164 valence electrons. The lowest BCUT2D eigenvalue weighted by Crippen LogP contribution is -2.32. The molecule has 1 unspecified atom stereocenters. The number of benzene rings is 2. The van der Waals surface area contributed by atoms with E-state index in [0.29, 0.717) is 22.3 Å². The highest BCUT2D eigenvalue weighted by molar-refractivity contribution is 5.98. The molecule has 0 saturated carbocycles. The van der Waals surface area contributed by atoms with Crippen molar-refractivity contribution in [1.82, 2.24) is 10.3 Å². The van der Waals surface area contributed by atoms with E-state index >= 15 is 0 Å². The third-order valence-electron chi connectivity index (χ3n) is 5.11. The van der Waals surface area contributed by atoms with Gasteiger partial charge in [-0.3, -0.25) is 5.32 Å². The van der Waals surface area contributed by atoms with E-state index < -0.39 is 17.8 Å². The second-order valence-electron chi connectivity index (χ2n) is 7.10. The lowest BCUT2D eigenvalue weighted by Gasteiger charge is -2.26. The fourth-order valence-electron chi connectivity index (χ4n) is 3.56. The van der Waals surface area contributed by atoms with Crippen molar-refractivity contribution in [3.8, 4) is 23.4 Å². The summed E-state index contributed by atoms with van der Waals surface area (Å²) in [7, 11) is 0. The quantitative estimate of drug-likeness (QED) is 0.345. The van der Waals surface area contributed by atoms with Crippen molar-refractivity contribution in [3.05, 3.63) is 70.8 Å². The molecule has 1 aliphatic heterocycles. The van der Waals surface area contributed by atoms with Gasteiger partial charge in [0, 0.05) is 5.56 Å². The van der Waals surface area contributed by atoms with Gasteiger partial charge in [0.1, 0.15) is 29.3 Å². The molecule has 0 aliphatic carbocycles. The standard InChI is InChI=1S/C22H15F3N8/c23-22(24,25)14-3-1-2-13(8-14)11-4-6-12(7-5-11)18-16-17(28)15(9-26)19(29)32-20(16)33-21(31-18)30-10-27/h1-8,18H,(H6,28,29,30,31,32,33). The Balaban J connectivity index is 1.78. The second-order valence-corrected chi connectivity index (χ2v) is 7.10. The maximum Gasteiger partial charge on any atom is 0.416 e. The van der Waals surface area contributed by atoms with Gasteiger partial charge in [-0.15, -0.1) is 0 Å². The topological polar surface area (TPSA) is 149 Å². The molecule has 11 heteroatoms. The lowest BCUT2D eigenvalue weighted by molar-refractivity contribution is -0.137. The van der Waals surface area contributed by atoms with Crippen molar-refractivity contribution in [2.75, 3.05) is 16.8 Å². The molecular formula is C22H15F3N8. The molecule has 1 aromatic heterocycles. The summed E-state index contributed by atoms with van der Waals surface area (Å²) < 4.78 is 39.2. The summed E-state index contributed by atoms with van der Waals surface area (Å²) in [5, 5.41) is 23.6. The van der Waals surface area contributed by atoms with E-state index in [1.54, 1.807) is 36.5 Å². The van der Waals surface area contributed by atoms with Crippen LogP contribution in [0.25, 0.3) is 11.1 Å². The Bertz CT molecular complexity index is 1350. The van der Waals surface area contributed by atoms with Crippen LogP contribution in [0.4, 0.5) is 30.5 Å². The van der Waals surface area contributed by atoms with Crippen molar-refractivity contribution in [3.63, 3.8) is 0 Å². The minimum Gasteiger partial charge on any atom is -0.397 e. The van der Waals surface area contributed by atoms with E-state index in [4.69, 9.17) is 16.7 Å². The first-order valence-electron chi connectivity index (χ1n) is 9.49. The van der Waals surface area contributed by atoms with E-state index in [1.165, 1.54) is 6.07 Å². The van der Waals surface area contributed by atoms with Crippen LogP contribution in [-0.4, -0.2) is 10.9 Å². The molecular weight excluding hydrogens is 433 g/mol. The highest BCUT2D eigenvalue weighted by Gasteiger charge is 2.31. The van der Waals surface area contributed by atoms with Gasteiger partial charge >= 0.3 is 6.18 Å². The molecule has 2 aromatic carbocycles. The lowest BCUT2D eigenvalue weighted by atomic mass is 9.93. The fourth-order valence-corrected chi connectivity index (χ4v) is 3.56. The molecule has 1 atom stereocenters. The summed E-state index contributed by atoms with van der Waals surface area (Å²) in [6.45, 7) is 0. The number of hydrogen-bond acceptors (Lipinski definition) is 8. The first kappa shape index (κ1) is 21.5. The fraction of sp³-hybridized carbons (Fsp3) is 0.0909. The molecule has 0 spiro atoms. The molecule has 1 aliphatic rings. The van der Waals surface area contributed by atoms with Crippen molar-refractivity contribution >= 4 is 23.3 Å². The second kappa shape index (κ2) is 8.05. The average Bonchev–Trinajstić information content (AvgIpc) is 2.78. The minimum absolute atomic E-state index is 0.00743. The predicted octanol–water partition coefficient (Wildman–Crippen LogP) is 3.75. The largest absolute Gasteiger partial charge is 0.416 e. The van der Waals surface area contributed by atoms with Crippen molar-refractivity contribution < 1.29 is 13.2 Å². The van der Waals surface area contributed by atoms with Gasteiger partial charge in [-0.1, -0.05) is 36.4 Å². The van der Waals surface area contributed by atoms with Crippen molar-refractivity contribution in [1.29, 1.82) is 10.5 Å². The van der Waals surface area contributed by atoms with Crippen LogP contribution in [-0.2, 0) is 6.18 Å². The first-order chi connectivity index (χ1) is 15.7. The number of fused-ring (bicyclic) bond motifs is 1. The molecule has 0 amide bonds. The van der Waals surface area contributed by atoms with E-state index in [9.17, 15) is 18.4 Å². The Labute approximate surface area is 186 Å². The van der Waals surface area contributed by atoms with Crippen LogP contribution in [0.15, 0.2) is 53.5 Å². The van der Waals surface area contributed by atoms with E-state index in [2.05, 4.69) is 20.6 Å². The maximum absolute atomic E-state index is 13.1. The van der Waals surface area contributed by atoms with Crippen LogP contribution in [0.5, 0.6) is 0 Å². The van der Waals surface area contributed by atoms with Gasteiger partial charge in [0.15, 0.2) is 6.19 Å². The van der Waals surface area contributed by atoms with Crippen LogP contribution in [0.1, 0.15) is 28.3 Å². The number of nitrogen functional groups attached to an aromatic ring is 2. The number of nitrogens with zero attached hydrogens (tertiary/aromatic N) is 4. The molecule has 0 bridgehead atoms. The molecule has 6 N–H and O–H groups in total. The molecule has 8 nitrogen and oxygen atoms in total. The number of aliphatic imine (C=N–C) groups is 1. The zero-order chi connectivity index (χ0) is 23.8. The molecule has 4 rings (SSSR count). The molecule has 3 aromatic rings. The normalized spacial score (nSPS) is 14.8. The predicted molar refractivity (Wildman–Crippen MR) is 116 cm³/mol. The number of hydrogen-bond donors (Lipinski definition) is 4. The SMILES string of the molecule is N#CNC1=NC(c2ccc(-c3cccc(C(F)(F)F)c3)cc2)c2c(nc(N)c(C#N)c2N)N1. The van der Waals surface area contributed by atoms with Crippen molar-refractivity contribution in [2.24, 2.45) is 4.99 Å². The Morgan fingerprint density at radius 3 is 2.39 bits per heavy atom. The number of nitrogens with one attached hydrogen (secondary N) is 2. The summed E-state index contributed by atoms with van der Waals surface area (Å²) >= 11 is 0. The van der Waals surface area contributed by atoms with Crippen LogP contribution >= 0.6 is 0 Å². The smallest absolute Gasteiger partial charge is 0.397 e. The van der Waals surface area contributed by atoms with Crippen LogP contribution in [0.2, 0.25) is 0 Å². The summed E-state index contributed by atoms with van der Waals surface area (Å²) in [5.41, 5.74) is 13.4. The maximum atomic E-state index is 13.1. The third kappa shape index (κ3) is 3.95. The Morgan fingerprint density at radius 2 is 1.76 bits per heavy atom.